The van der Waals surface area contributed by atoms with E-state index in [-0.39, 0.29) is 22.7 Å². The Morgan fingerprint density at radius 2 is 1.91 bits per heavy atom. The van der Waals surface area contributed by atoms with Crippen molar-refractivity contribution in [3.05, 3.63) is 67.7 Å². The van der Waals surface area contributed by atoms with Gasteiger partial charge < -0.3 is 5.32 Å². The van der Waals surface area contributed by atoms with Gasteiger partial charge in [-0.2, -0.15) is 0 Å². The van der Waals surface area contributed by atoms with E-state index in [1.54, 1.807) is 7.05 Å². The van der Waals surface area contributed by atoms with Crippen molar-refractivity contribution >= 4 is 45.7 Å². The highest BCUT2D eigenvalue weighted by Gasteiger charge is 2.19. The first-order valence-electron chi connectivity index (χ1n) is 9.78. The second-order valence-electron chi connectivity index (χ2n) is 7.39. The van der Waals surface area contributed by atoms with E-state index >= 15 is 0 Å². The molecule has 3 aromatic heterocycles. The Balaban J connectivity index is 1.74. The van der Waals surface area contributed by atoms with Gasteiger partial charge in [0.05, 0.1) is 10.6 Å². The summed E-state index contributed by atoms with van der Waals surface area (Å²) in [6, 6.07) is 9.60. The Hall–Kier alpha value is -3.24. The van der Waals surface area contributed by atoms with Crippen LogP contribution >= 0.6 is 23.1 Å². The van der Waals surface area contributed by atoms with Crippen molar-refractivity contribution in [2.75, 3.05) is 11.1 Å². The zero-order chi connectivity index (χ0) is 23.0. The Morgan fingerprint density at radius 3 is 2.62 bits per heavy atom. The second-order valence-corrected chi connectivity index (χ2v) is 9.30. The minimum absolute atomic E-state index is 0.0510. The number of aryl methyl sites for hydroxylation is 3. The third-order valence-corrected chi connectivity index (χ3v) is 6.86. The van der Waals surface area contributed by atoms with Crippen LogP contribution in [0.25, 0.3) is 21.7 Å². The minimum atomic E-state index is -0.488. The van der Waals surface area contributed by atoms with Crippen LogP contribution in [-0.4, -0.2) is 30.8 Å². The summed E-state index contributed by atoms with van der Waals surface area (Å²) in [4.78, 5) is 47.9. The lowest BCUT2D eigenvalue weighted by atomic mass is 10.1. The molecule has 0 saturated heterocycles. The third-order valence-electron chi connectivity index (χ3n) is 5.02. The fourth-order valence-corrected chi connectivity index (χ4v) is 4.71. The predicted molar refractivity (Wildman–Crippen MR) is 129 cm³/mol. The van der Waals surface area contributed by atoms with Gasteiger partial charge in [0.25, 0.3) is 5.56 Å². The molecule has 3 heterocycles. The van der Waals surface area contributed by atoms with E-state index in [2.05, 4.69) is 15.3 Å². The van der Waals surface area contributed by atoms with Crippen LogP contribution < -0.4 is 16.6 Å². The normalized spacial score (nSPS) is 11.1. The van der Waals surface area contributed by atoms with E-state index in [1.165, 1.54) is 23.0 Å². The van der Waals surface area contributed by atoms with Gasteiger partial charge in [-0.1, -0.05) is 30.0 Å². The Kier molecular flexibility index (Phi) is 5.98. The molecule has 8 nitrogen and oxygen atoms in total. The number of nitrogens with one attached hydrogen (secondary N) is 1. The molecule has 1 N–H and O–H groups in total. The second kappa shape index (κ2) is 8.71. The van der Waals surface area contributed by atoms with E-state index in [0.717, 1.165) is 38.0 Å². The maximum Gasteiger partial charge on any atom is 0.332 e. The number of carbonyl (C=O) groups excluding carboxylic acids is 1. The SMILES string of the molecule is Cc1ccc(C)c(NC(=O)CSc2nc(-c3cccs3)nc3c2c(=O)n(C)c(=O)n3C)c1. The van der Waals surface area contributed by atoms with Crippen LogP contribution in [0.2, 0.25) is 0 Å². The summed E-state index contributed by atoms with van der Waals surface area (Å²) >= 11 is 2.60. The molecule has 0 aliphatic heterocycles. The van der Waals surface area contributed by atoms with Gasteiger partial charge in [-0.3, -0.25) is 18.7 Å². The average Bonchev–Trinajstić information content (AvgIpc) is 3.31. The molecule has 1 aromatic carbocycles. The third kappa shape index (κ3) is 4.11. The summed E-state index contributed by atoms with van der Waals surface area (Å²) in [6.45, 7) is 3.89. The maximum atomic E-state index is 12.9. The van der Waals surface area contributed by atoms with Gasteiger partial charge in [0.1, 0.15) is 10.4 Å². The highest BCUT2D eigenvalue weighted by Crippen LogP contribution is 2.28. The first-order valence-corrected chi connectivity index (χ1v) is 11.6. The number of anilines is 1. The van der Waals surface area contributed by atoms with E-state index in [0.29, 0.717) is 10.9 Å². The number of aromatic nitrogens is 4. The van der Waals surface area contributed by atoms with E-state index in [4.69, 9.17) is 0 Å². The van der Waals surface area contributed by atoms with E-state index in [9.17, 15) is 14.4 Å². The monoisotopic (exact) mass is 467 g/mol. The minimum Gasteiger partial charge on any atom is -0.325 e. The van der Waals surface area contributed by atoms with Crippen LogP contribution in [0.1, 0.15) is 11.1 Å². The van der Waals surface area contributed by atoms with Crippen LogP contribution in [0.5, 0.6) is 0 Å². The molecule has 0 unspecified atom stereocenters. The molecule has 10 heteroatoms. The topological polar surface area (TPSA) is 98.9 Å². The largest absolute Gasteiger partial charge is 0.332 e. The summed E-state index contributed by atoms with van der Waals surface area (Å²) in [5.41, 5.74) is 2.05. The Morgan fingerprint density at radius 1 is 1.12 bits per heavy atom. The number of rotatable bonds is 5. The standard InChI is InChI=1S/C22H21N5O3S2/c1-12-7-8-13(2)14(10-12)23-16(28)11-32-20-17-19(26(3)22(30)27(4)21(17)29)24-18(25-20)15-6-5-9-31-15/h5-10H,11H2,1-4H3,(H,23,28). The molecule has 164 valence electrons. The van der Waals surface area contributed by atoms with Gasteiger partial charge in [0.15, 0.2) is 11.5 Å². The van der Waals surface area contributed by atoms with E-state index < -0.39 is 11.2 Å². The molecule has 0 saturated carbocycles. The molecule has 0 radical (unpaired) electrons. The lowest BCUT2D eigenvalue weighted by Crippen LogP contribution is -2.37. The molecule has 4 aromatic rings. The van der Waals surface area contributed by atoms with E-state index in [1.807, 2.05) is 49.6 Å². The van der Waals surface area contributed by atoms with Crippen molar-refractivity contribution in [3.8, 4) is 10.7 Å². The molecule has 0 aliphatic carbocycles. The fourth-order valence-electron chi connectivity index (χ4n) is 3.24. The molecular formula is C22H21N5O3S2. The molecule has 0 atom stereocenters. The molecule has 0 bridgehead atoms. The van der Waals surface area contributed by atoms with Crippen molar-refractivity contribution in [1.29, 1.82) is 0 Å². The summed E-state index contributed by atoms with van der Waals surface area (Å²) in [7, 11) is 2.98. The summed E-state index contributed by atoms with van der Waals surface area (Å²) in [5, 5.41) is 5.41. The van der Waals surface area contributed by atoms with Crippen LogP contribution in [0.15, 0.2) is 50.3 Å². The summed E-state index contributed by atoms with van der Waals surface area (Å²) in [6.07, 6.45) is 0. The molecular weight excluding hydrogens is 446 g/mol. The molecule has 0 aliphatic rings. The van der Waals surface area contributed by atoms with Gasteiger partial charge in [-0.15, -0.1) is 11.3 Å². The molecule has 1 amide bonds. The Labute approximate surface area is 192 Å². The van der Waals surface area contributed by atoms with Gasteiger partial charge >= 0.3 is 5.69 Å². The van der Waals surface area contributed by atoms with Gasteiger partial charge in [0.2, 0.25) is 5.91 Å². The van der Waals surface area contributed by atoms with Gasteiger partial charge in [-0.25, -0.2) is 14.8 Å². The predicted octanol–water partition coefficient (Wildman–Crippen LogP) is 3.10. The van der Waals surface area contributed by atoms with Crippen molar-refractivity contribution in [2.24, 2.45) is 14.1 Å². The number of hydrogen-bond donors (Lipinski definition) is 1. The first-order chi connectivity index (χ1) is 15.3. The molecule has 0 spiro atoms. The molecule has 4 rings (SSSR count). The summed E-state index contributed by atoms with van der Waals surface area (Å²) in [5.74, 6) is 0.248. The lowest BCUT2D eigenvalue weighted by molar-refractivity contribution is -0.113. The fraction of sp³-hybridized carbons (Fsp3) is 0.227. The number of carbonyl (C=O) groups is 1. The Bertz CT molecular complexity index is 1460. The van der Waals surface area contributed by atoms with Crippen molar-refractivity contribution in [1.82, 2.24) is 19.1 Å². The number of amides is 1. The van der Waals surface area contributed by atoms with Crippen LogP contribution in [0, 0.1) is 13.8 Å². The lowest BCUT2D eigenvalue weighted by Gasteiger charge is -2.12. The maximum absolute atomic E-state index is 12.9. The average molecular weight is 468 g/mol. The number of benzene rings is 1. The zero-order valence-corrected chi connectivity index (χ0v) is 19.6. The highest BCUT2D eigenvalue weighted by molar-refractivity contribution is 8.00. The number of thioether (sulfide) groups is 1. The van der Waals surface area contributed by atoms with Crippen molar-refractivity contribution < 1.29 is 4.79 Å². The van der Waals surface area contributed by atoms with Crippen LogP contribution in [-0.2, 0) is 18.9 Å². The number of thiophene rings is 1. The summed E-state index contributed by atoms with van der Waals surface area (Å²) < 4.78 is 2.35. The zero-order valence-electron chi connectivity index (χ0n) is 18.0. The van der Waals surface area contributed by atoms with Gasteiger partial charge in [0, 0.05) is 19.8 Å². The van der Waals surface area contributed by atoms with Crippen LogP contribution in [0.3, 0.4) is 0 Å². The molecule has 0 fully saturated rings. The van der Waals surface area contributed by atoms with Crippen LogP contribution in [0.4, 0.5) is 5.69 Å². The number of fused-ring (bicyclic) bond motifs is 1. The highest BCUT2D eigenvalue weighted by atomic mass is 32.2. The number of hydrogen-bond acceptors (Lipinski definition) is 7. The quantitative estimate of drug-likeness (QED) is 0.358. The number of nitrogens with zero attached hydrogens (tertiary/aromatic N) is 4. The van der Waals surface area contributed by atoms with Gasteiger partial charge in [-0.05, 0) is 42.5 Å². The first kappa shape index (κ1) is 22.0. The smallest absolute Gasteiger partial charge is 0.325 e. The molecule has 32 heavy (non-hydrogen) atoms. The van der Waals surface area contributed by atoms with Crippen molar-refractivity contribution in [3.63, 3.8) is 0 Å². The van der Waals surface area contributed by atoms with Crippen molar-refractivity contribution in [2.45, 2.75) is 18.9 Å².